The van der Waals surface area contributed by atoms with Gasteiger partial charge in [-0.2, -0.15) is 0 Å². The number of nitrogen functional groups attached to an aromatic ring is 1. The molecule has 0 saturated carbocycles. The fourth-order valence-corrected chi connectivity index (χ4v) is 2.01. The molecule has 4 heteroatoms. The number of nitrogens with two attached hydrogens (primary N) is 1. The Hall–Kier alpha value is -1.22. The van der Waals surface area contributed by atoms with Crippen LogP contribution in [0.1, 0.15) is 17.2 Å². The largest absolute Gasteiger partial charge is 0.399 e. The van der Waals surface area contributed by atoms with Gasteiger partial charge in [0.05, 0.1) is 0 Å². The van der Waals surface area contributed by atoms with Crippen LogP contribution in [0.2, 0.25) is 10.0 Å². The summed E-state index contributed by atoms with van der Waals surface area (Å²) in [5.74, 6) is 0. The number of aliphatic hydroxyl groups is 1. The molecule has 0 bridgehead atoms. The van der Waals surface area contributed by atoms with E-state index in [4.69, 9.17) is 28.9 Å². The van der Waals surface area contributed by atoms with Gasteiger partial charge in [-0.25, -0.2) is 0 Å². The number of aliphatic hydroxyl groups excluding tert-OH is 1. The molecule has 17 heavy (non-hydrogen) atoms. The van der Waals surface area contributed by atoms with Crippen molar-refractivity contribution < 1.29 is 5.11 Å². The highest BCUT2D eigenvalue weighted by Gasteiger charge is 2.13. The average molecular weight is 268 g/mol. The molecule has 3 N–H and O–H groups in total. The molecule has 0 saturated heterocycles. The van der Waals surface area contributed by atoms with Crippen molar-refractivity contribution in [3.63, 3.8) is 0 Å². The highest BCUT2D eigenvalue weighted by molar-refractivity contribution is 6.31. The summed E-state index contributed by atoms with van der Waals surface area (Å²) in [5.41, 5.74) is 7.54. The van der Waals surface area contributed by atoms with Gasteiger partial charge in [0.1, 0.15) is 6.10 Å². The molecule has 0 aliphatic heterocycles. The lowest BCUT2D eigenvalue weighted by Crippen LogP contribution is -2.00. The Labute approximate surface area is 110 Å². The maximum atomic E-state index is 10.2. The van der Waals surface area contributed by atoms with Crippen LogP contribution in [0.4, 0.5) is 5.69 Å². The molecule has 0 heterocycles. The Balaban J connectivity index is 2.36. The fraction of sp³-hybridized carbons (Fsp3) is 0.0769. The van der Waals surface area contributed by atoms with E-state index in [1.54, 1.807) is 42.5 Å². The minimum atomic E-state index is -0.777. The van der Waals surface area contributed by atoms with Crippen LogP contribution in [0.5, 0.6) is 0 Å². The van der Waals surface area contributed by atoms with Gasteiger partial charge in [-0.3, -0.25) is 0 Å². The quantitative estimate of drug-likeness (QED) is 0.816. The third-order valence-electron chi connectivity index (χ3n) is 2.50. The van der Waals surface area contributed by atoms with Gasteiger partial charge < -0.3 is 10.8 Å². The Morgan fingerprint density at radius 2 is 1.65 bits per heavy atom. The van der Waals surface area contributed by atoms with Crippen LogP contribution in [-0.4, -0.2) is 5.11 Å². The second kappa shape index (κ2) is 4.96. The van der Waals surface area contributed by atoms with Gasteiger partial charge >= 0.3 is 0 Å². The molecule has 0 fully saturated rings. The van der Waals surface area contributed by atoms with Crippen LogP contribution in [-0.2, 0) is 0 Å². The normalized spacial score (nSPS) is 12.4. The molecular weight excluding hydrogens is 257 g/mol. The van der Waals surface area contributed by atoms with E-state index >= 15 is 0 Å². The lowest BCUT2D eigenvalue weighted by Gasteiger charge is -2.13. The van der Waals surface area contributed by atoms with Gasteiger partial charge in [0.25, 0.3) is 0 Å². The third-order valence-corrected chi connectivity index (χ3v) is 3.08. The highest BCUT2D eigenvalue weighted by atomic mass is 35.5. The lowest BCUT2D eigenvalue weighted by atomic mass is 10.0. The van der Waals surface area contributed by atoms with E-state index in [0.717, 1.165) is 5.56 Å². The first-order valence-corrected chi connectivity index (χ1v) is 5.82. The number of benzene rings is 2. The minimum absolute atomic E-state index is 0.451. The Bertz CT molecular complexity index is 525. The summed E-state index contributed by atoms with van der Waals surface area (Å²) in [7, 11) is 0. The monoisotopic (exact) mass is 267 g/mol. The van der Waals surface area contributed by atoms with E-state index in [1.165, 1.54) is 0 Å². The SMILES string of the molecule is Nc1ccc([C@H](O)c2ccc(Cl)cc2)c(Cl)c1. The lowest BCUT2D eigenvalue weighted by molar-refractivity contribution is 0.220. The van der Waals surface area contributed by atoms with Gasteiger partial charge in [0, 0.05) is 21.3 Å². The summed E-state index contributed by atoms with van der Waals surface area (Å²) in [6, 6.07) is 12.0. The molecular formula is C13H11Cl2NO. The standard InChI is InChI=1S/C13H11Cl2NO/c14-9-3-1-8(2-4-9)13(17)11-6-5-10(16)7-12(11)15/h1-7,13,17H,16H2/t13-/m1/s1. The zero-order valence-electron chi connectivity index (χ0n) is 8.90. The Kier molecular flexibility index (Phi) is 3.57. The smallest absolute Gasteiger partial charge is 0.105 e. The molecule has 0 aromatic heterocycles. The van der Waals surface area contributed by atoms with Crippen LogP contribution in [0.3, 0.4) is 0 Å². The van der Waals surface area contributed by atoms with E-state index in [0.29, 0.717) is 21.3 Å². The van der Waals surface area contributed by atoms with Gasteiger partial charge in [-0.05, 0) is 29.8 Å². The van der Waals surface area contributed by atoms with Crippen molar-refractivity contribution in [3.05, 3.63) is 63.6 Å². The summed E-state index contributed by atoms with van der Waals surface area (Å²) in [6.07, 6.45) is -0.777. The zero-order valence-corrected chi connectivity index (χ0v) is 10.4. The average Bonchev–Trinajstić information content (AvgIpc) is 2.29. The summed E-state index contributed by atoms with van der Waals surface area (Å²) in [5, 5.41) is 11.3. The van der Waals surface area contributed by atoms with Crippen LogP contribution in [0.15, 0.2) is 42.5 Å². The number of rotatable bonds is 2. The molecule has 0 aliphatic rings. The predicted octanol–water partition coefficient (Wildman–Crippen LogP) is 3.66. The summed E-state index contributed by atoms with van der Waals surface area (Å²) >= 11 is 11.8. The van der Waals surface area contributed by atoms with Crippen molar-refractivity contribution in [1.82, 2.24) is 0 Å². The van der Waals surface area contributed by atoms with E-state index in [-0.39, 0.29) is 0 Å². The van der Waals surface area contributed by atoms with Crippen molar-refractivity contribution in [2.75, 3.05) is 5.73 Å². The van der Waals surface area contributed by atoms with E-state index in [2.05, 4.69) is 0 Å². The van der Waals surface area contributed by atoms with Gasteiger partial charge in [-0.15, -0.1) is 0 Å². The number of halogens is 2. The maximum absolute atomic E-state index is 10.2. The summed E-state index contributed by atoms with van der Waals surface area (Å²) in [4.78, 5) is 0. The molecule has 0 unspecified atom stereocenters. The van der Waals surface area contributed by atoms with Crippen molar-refractivity contribution in [3.8, 4) is 0 Å². The second-order valence-electron chi connectivity index (χ2n) is 3.74. The summed E-state index contributed by atoms with van der Waals surface area (Å²) < 4.78 is 0. The molecule has 0 radical (unpaired) electrons. The molecule has 1 atom stereocenters. The minimum Gasteiger partial charge on any atom is -0.399 e. The molecule has 0 aliphatic carbocycles. The number of hydrogen-bond acceptors (Lipinski definition) is 2. The molecule has 0 spiro atoms. The van der Waals surface area contributed by atoms with Crippen LogP contribution >= 0.6 is 23.2 Å². The topological polar surface area (TPSA) is 46.2 Å². The molecule has 0 amide bonds. The molecule has 2 nitrogen and oxygen atoms in total. The van der Waals surface area contributed by atoms with Crippen LogP contribution in [0, 0.1) is 0 Å². The molecule has 2 rings (SSSR count). The molecule has 2 aromatic carbocycles. The van der Waals surface area contributed by atoms with Crippen molar-refractivity contribution in [2.45, 2.75) is 6.10 Å². The van der Waals surface area contributed by atoms with Crippen molar-refractivity contribution in [1.29, 1.82) is 0 Å². The Morgan fingerprint density at radius 3 is 2.24 bits per heavy atom. The molecule has 2 aromatic rings. The van der Waals surface area contributed by atoms with Crippen molar-refractivity contribution >= 4 is 28.9 Å². The molecule has 88 valence electrons. The second-order valence-corrected chi connectivity index (χ2v) is 4.58. The van der Waals surface area contributed by atoms with Gasteiger partial charge in [0.2, 0.25) is 0 Å². The summed E-state index contributed by atoms with van der Waals surface area (Å²) in [6.45, 7) is 0. The van der Waals surface area contributed by atoms with E-state index < -0.39 is 6.10 Å². The van der Waals surface area contributed by atoms with E-state index in [1.807, 2.05) is 0 Å². The van der Waals surface area contributed by atoms with Crippen LogP contribution < -0.4 is 5.73 Å². The van der Waals surface area contributed by atoms with E-state index in [9.17, 15) is 5.11 Å². The number of hydrogen-bond donors (Lipinski definition) is 2. The number of anilines is 1. The predicted molar refractivity (Wildman–Crippen MR) is 71.4 cm³/mol. The Morgan fingerprint density at radius 1 is 1.00 bits per heavy atom. The first-order valence-electron chi connectivity index (χ1n) is 5.06. The maximum Gasteiger partial charge on any atom is 0.105 e. The van der Waals surface area contributed by atoms with Crippen molar-refractivity contribution in [2.24, 2.45) is 0 Å². The van der Waals surface area contributed by atoms with Gasteiger partial charge in [-0.1, -0.05) is 41.4 Å². The van der Waals surface area contributed by atoms with Gasteiger partial charge in [0.15, 0.2) is 0 Å². The fourth-order valence-electron chi connectivity index (χ4n) is 1.59. The third kappa shape index (κ3) is 2.72. The van der Waals surface area contributed by atoms with Crippen LogP contribution in [0.25, 0.3) is 0 Å². The first kappa shape index (κ1) is 12.2. The first-order chi connectivity index (χ1) is 8.08. The highest BCUT2D eigenvalue weighted by Crippen LogP contribution is 2.30. The zero-order chi connectivity index (χ0) is 12.4.